The summed E-state index contributed by atoms with van der Waals surface area (Å²) >= 11 is 1.52. The van der Waals surface area contributed by atoms with E-state index in [1.54, 1.807) is 0 Å². The first-order chi connectivity index (χ1) is 11.1. The number of nitrogens with one attached hydrogen (secondary N) is 2. The van der Waals surface area contributed by atoms with E-state index in [2.05, 4.69) is 10.6 Å². The Bertz CT molecular complexity index is 560. The molecular formula is C17H25N3O2S. The molecule has 3 rings (SSSR count). The van der Waals surface area contributed by atoms with Crippen LogP contribution < -0.4 is 10.6 Å². The molecule has 1 saturated heterocycles. The zero-order chi connectivity index (χ0) is 16.2. The van der Waals surface area contributed by atoms with Crippen LogP contribution >= 0.6 is 11.3 Å². The number of amides is 2. The van der Waals surface area contributed by atoms with Crippen LogP contribution in [-0.2, 0) is 4.79 Å². The van der Waals surface area contributed by atoms with Crippen LogP contribution in [0.2, 0.25) is 0 Å². The fourth-order valence-electron chi connectivity index (χ4n) is 2.90. The van der Waals surface area contributed by atoms with Gasteiger partial charge < -0.3 is 15.5 Å². The third-order valence-electron chi connectivity index (χ3n) is 4.55. The summed E-state index contributed by atoms with van der Waals surface area (Å²) in [5.74, 6) is 0.993. The summed E-state index contributed by atoms with van der Waals surface area (Å²) in [4.78, 5) is 28.1. The Morgan fingerprint density at radius 1 is 1.22 bits per heavy atom. The zero-order valence-electron chi connectivity index (χ0n) is 13.6. The molecule has 2 heterocycles. The molecule has 126 valence electrons. The molecule has 0 atom stereocenters. The molecule has 1 aliphatic carbocycles. The molecule has 1 saturated carbocycles. The average Bonchev–Trinajstić information content (AvgIpc) is 3.26. The highest BCUT2D eigenvalue weighted by atomic mass is 32.1. The molecule has 0 aromatic carbocycles. The maximum atomic E-state index is 12.2. The molecule has 2 fully saturated rings. The lowest BCUT2D eigenvalue weighted by molar-refractivity contribution is -0.131. The summed E-state index contributed by atoms with van der Waals surface area (Å²) in [5.41, 5.74) is 0. The van der Waals surface area contributed by atoms with Crippen molar-refractivity contribution < 1.29 is 9.59 Å². The van der Waals surface area contributed by atoms with Crippen molar-refractivity contribution in [3.05, 3.63) is 21.9 Å². The molecule has 0 radical (unpaired) electrons. The van der Waals surface area contributed by atoms with Gasteiger partial charge in [-0.3, -0.25) is 9.59 Å². The van der Waals surface area contributed by atoms with Crippen molar-refractivity contribution in [2.24, 2.45) is 5.92 Å². The minimum absolute atomic E-state index is 0.0129. The molecule has 2 aliphatic rings. The number of hydrogen-bond acceptors (Lipinski definition) is 4. The Morgan fingerprint density at radius 2 is 1.96 bits per heavy atom. The van der Waals surface area contributed by atoms with Crippen LogP contribution in [0.3, 0.4) is 0 Å². The van der Waals surface area contributed by atoms with Gasteiger partial charge in [0.1, 0.15) is 0 Å². The van der Waals surface area contributed by atoms with Crippen molar-refractivity contribution in [3.63, 3.8) is 0 Å². The molecule has 0 spiro atoms. The molecule has 23 heavy (non-hydrogen) atoms. The number of piperidine rings is 1. The fraction of sp³-hybridized carbons (Fsp3) is 0.647. The van der Waals surface area contributed by atoms with E-state index in [4.69, 9.17) is 0 Å². The Kier molecular flexibility index (Phi) is 5.33. The van der Waals surface area contributed by atoms with E-state index >= 15 is 0 Å². The van der Waals surface area contributed by atoms with Crippen molar-refractivity contribution in [3.8, 4) is 0 Å². The maximum absolute atomic E-state index is 12.2. The standard InChI is InChI=1S/C17H25N3O2S/c1-12-2-5-15(23-12)17(22)19-14-6-8-20(9-7-14)16(21)11-18-10-13-3-4-13/h2,5,13-14,18H,3-4,6-11H2,1H3,(H,19,22). The number of rotatable bonds is 6. The summed E-state index contributed by atoms with van der Waals surface area (Å²) in [6, 6.07) is 4.02. The van der Waals surface area contributed by atoms with Crippen LogP contribution in [0.1, 0.15) is 40.2 Å². The van der Waals surface area contributed by atoms with Crippen LogP contribution in [0.5, 0.6) is 0 Å². The predicted molar refractivity (Wildman–Crippen MR) is 91.7 cm³/mol. The van der Waals surface area contributed by atoms with Gasteiger partial charge in [-0.25, -0.2) is 0 Å². The van der Waals surface area contributed by atoms with E-state index in [0.717, 1.165) is 48.1 Å². The average molecular weight is 335 g/mol. The molecule has 2 amide bonds. The number of likely N-dealkylation sites (tertiary alicyclic amines) is 1. The van der Waals surface area contributed by atoms with Gasteiger partial charge in [0.15, 0.2) is 0 Å². The van der Waals surface area contributed by atoms with Gasteiger partial charge in [0.25, 0.3) is 5.91 Å². The molecule has 6 heteroatoms. The summed E-state index contributed by atoms with van der Waals surface area (Å²) in [5, 5.41) is 6.34. The minimum atomic E-state index is 0.0129. The Balaban J connectivity index is 1.37. The van der Waals surface area contributed by atoms with Crippen molar-refractivity contribution in [1.82, 2.24) is 15.5 Å². The van der Waals surface area contributed by atoms with Crippen LogP contribution in [0, 0.1) is 12.8 Å². The monoisotopic (exact) mass is 335 g/mol. The molecule has 1 aromatic rings. The minimum Gasteiger partial charge on any atom is -0.348 e. The molecule has 1 aromatic heterocycles. The van der Waals surface area contributed by atoms with Gasteiger partial charge in [-0.2, -0.15) is 0 Å². The van der Waals surface area contributed by atoms with E-state index in [-0.39, 0.29) is 17.9 Å². The molecule has 5 nitrogen and oxygen atoms in total. The molecular weight excluding hydrogens is 310 g/mol. The largest absolute Gasteiger partial charge is 0.348 e. The zero-order valence-corrected chi connectivity index (χ0v) is 14.5. The summed E-state index contributed by atoms with van der Waals surface area (Å²) in [7, 11) is 0. The summed E-state index contributed by atoms with van der Waals surface area (Å²) < 4.78 is 0. The maximum Gasteiger partial charge on any atom is 0.261 e. The first-order valence-electron chi connectivity index (χ1n) is 8.47. The van der Waals surface area contributed by atoms with Crippen LogP contribution in [0.15, 0.2) is 12.1 Å². The van der Waals surface area contributed by atoms with Crippen molar-refractivity contribution >= 4 is 23.2 Å². The van der Waals surface area contributed by atoms with Gasteiger partial charge in [-0.05, 0) is 57.2 Å². The van der Waals surface area contributed by atoms with E-state index in [1.807, 2.05) is 24.0 Å². The molecule has 0 bridgehead atoms. The Hall–Kier alpha value is -1.40. The highest BCUT2D eigenvalue weighted by Crippen LogP contribution is 2.27. The Labute approximate surface area is 141 Å². The lowest BCUT2D eigenvalue weighted by Gasteiger charge is -2.32. The second-order valence-electron chi connectivity index (χ2n) is 6.61. The van der Waals surface area contributed by atoms with Gasteiger partial charge >= 0.3 is 0 Å². The van der Waals surface area contributed by atoms with Crippen molar-refractivity contribution in [2.75, 3.05) is 26.2 Å². The van der Waals surface area contributed by atoms with Crippen LogP contribution in [0.4, 0.5) is 0 Å². The molecule has 0 unspecified atom stereocenters. The first-order valence-corrected chi connectivity index (χ1v) is 9.29. The van der Waals surface area contributed by atoms with Gasteiger partial charge in [0.05, 0.1) is 11.4 Å². The van der Waals surface area contributed by atoms with Crippen LogP contribution in [-0.4, -0.2) is 48.9 Å². The van der Waals surface area contributed by atoms with Gasteiger partial charge in [-0.15, -0.1) is 11.3 Å². The summed E-state index contributed by atoms with van der Waals surface area (Å²) in [6.07, 6.45) is 4.28. The normalized spacial score (nSPS) is 18.9. The van der Waals surface area contributed by atoms with E-state index in [0.29, 0.717) is 6.54 Å². The smallest absolute Gasteiger partial charge is 0.261 e. The third-order valence-corrected chi connectivity index (χ3v) is 5.55. The van der Waals surface area contributed by atoms with Crippen molar-refractivity contribution in [1.29, 1.82) is 0 Å². The topological polar surface area (TPSA) is 61.4 Å². The number of aryl methyl sites for hydroxylation is 1. The van der Waals surface area contributed by atoms with Gasteiger partial charge in [-0.1, -0.05) is 0 Å². The van der Waals surface area contributed by atoms with Gasteiger partial charge in [0.2, 0.25) is 5.91 Å². The van der Waals surface area contributed by atoms with Crippen molar-refractivity contribution in [2.45, 2.75) is 38.6 Å². The quantitative estimate of drug-likeness (QED) is 0.833. The van der Waals surface area contributed by atoms with E-state index in [1.165, 1.54) is 24.2 Å². The van der Waals surface area contributed by atoms with E-state index in [9.17, 15) is 9.59 Å². The molecule has 2 N–H and O–H groups in total. The number of carbonyl (C=O) groups is 2. The lowest BCUT2D eigenvalue weighted by Crippen LogP contribution is -2.48. The van der Waals surface area contributed by atoms with E-state index < -0.39 is 0 Å². The third kappa shape index (κ3) is 4.78. The second kappa shape index (κ2) is 7.45. The highest BCUT2D eigenvalue weighted by Gasteiger charge is 2.25. The second-order valence-corrected chi connectivity index (χ2v) is 7.90. The number of nitrogens with zero attached hydrogens (tertiary/aromatic N) is 1. The van der Waals surface area contributed by atoms with Gasteiger partial charge in [0, 0.05) is 24.0 Å². The predicted octanol–water partition coefficient (Wildman–Crippen LogP) is 1.78. The number of carbonyl (C=O) groups excluding carboxylic acids is 2. The van der Waals surface area contributed by atoms with Crippen LogP contribution in [0.25, 0.3) is 0 Å². The fourth-order valence-corrected chi connectivity index (χ4v) is 3.67. The first kappa shape index (κ1) is 16.5. The SMILES string of the molecule is Cc1ccc(C(=O)NC2CCN(C(=O)CNCC3CC3)CC2)s1. The summed E-state index contributed by atoms with van der Waals surface area (Å²) in [6.45, 7) is 4.89. The number of thiophene rings is 1. The molecule has 1 aliphatic heterocycles. The lowest BCUT2D eigenvalue weighted by atomic mass is 10.0. The highest BCUT2D eigenvalue weighted by molar-refractivity contribution is 7.13. The number of hydrogen-bond donors (Lipinski definition) is 2. The Morgan fingerprint density at radius 3 is 2.57 bits per heavy atom.